The Hall–Kier alpha value is -2.58. The highest BCUT2D eigenvalue weighted by atomic mass is 32.2. The van der Waals surface area contributed by atoms with Gasteiger partial charge in [-0.25, -0.2) is 18.1 Å². The van der Waals surface area contributed by atoms with Crippen molar-refractivity contribution in [2.45, 2.75) is 30.3 Å². The van der Waals surface area contributed by atoms with Gasteiger partial charge in [-0.1, -0.05) is 12.1 Å². The second kappa shape index (κ2) is 7.76. The van der Waals surface area contributed by atoms with Gasteiger partial charge in [0.05, 0.1) is 18.6 Å². The molecule has 0 unspecified atom stereocenters. The van der Waals surface area contributed by atoms with E-state index in [0.717, 1.165) is 29.8 Å². The number of benzene rings is 2. The Bertz CT molecular complexity index is 874. The molecule has 2 aromatic carbocycles. The normalized spacial score (nSPS) is 14.9. The average molecular weight is 374 g/mol. The van der Waals surface area contributed by atoms with Crippen LogP contribution in [0.25, 0.3) is 0 Å². The lowest BCUT2D eigenvalue weighted by Gasteiger charge is -2.08. The summed E-state index contributed by atoms with van der Waals surface area (Å²) in [6, 6.07) is 14.1. The molecule has 1 aliphatic rings. The first-order valence-electron chi connectivity index (χ1n) is 8.28. The molecule has 4 N–H and O–H groups in total. The number of anilines is 1. The van der Waals surface area contributed by atoms with Crippen LogP contribution in [-0.2, 0) is 16.6 Å². The van der Waals surface area contributed by atoms with Crippen LogP contribution in [0, 0.1) is 0 Å². The van der Waals surface area contributed by atoms with Crippen molar-refractivity contribution in [2.75, 3.05) is 12.4 Å². The van der Waals surface area contributed by atoms with E-state index in [-0.39, 0.29) is 16.9 Å². The van der Waals surface area contributed by atoms with E-state index in [1.165, 1.54) is 0 Å². The number of rotatable bonds is 7. The lowest BCUT2D eigenvalue weighted by molar-refractivity contribution is 0.415. The molecule has 0 aromatic heterocycles. The van der Waals surface area contributed by atoms with E-state index < -0.39 is 10.0 Å². The minimum absolute atomic E-state index is 0.0908. The monoisotopic (exact) mass is 374 g/mol. The third kappa shape index (κ3) is 4.96. The molecule has 0 atom stereocenters. The molecule has 2 aromatic rings. The predicted molar refractivity (Wildman–Crippen MR) is 102 cm³/mol. The Labute approximate surface area is 153 Å². The van der Waals surface area contributed by atoms with Crippen molar-refractivity contribution in [1.82, 2.24) is 4.72 Å². The highest BCUT2D eigenvalue weighted by Gasteiger charge is 2.27. The fourth-order valence-corrected chi connectivity index (χ4v) is 3.61. The van der Waals surface area contributed by atoms with Crippen LogP contribution in [0.15, 0.2) is 58.4 Å². The maximum atomic E-state index is 12.1. The van der Waals surface area contributed by atoms with Gasteiger partial charge in [-0.05, 0) is 54.8 Å². The fourth-order valence-electron chi connectivity index (χ4n) is 2.30. The Kier molecular flexibility index (Phi) is 5.43. The molecule has 3 rings (SSSR count). The Morgan fingerprint density at radius 3 is 2.38 bits per heavy atom. The lowest BCUT2D eigenvalue weighted by Crippen LogP contribution is -2.25. The molecule has 8 heteroatoms. The quantitative estimate of drug-likeness (QED) is 0.508. The molecule has 0 bridgehead atoms. The summed E-state index contributed by atoms with van der Waals surface area (Å²) in [5.74, 6) is 1.04. The average Bonchev–Trinajstić information content (AvgIpc) is 3.44. The van der Waals surface area contributed by atoms with Crippen molar-refractivity contribution in [3.63, 3.8) is 0 Å². The molecular weight excluding hydrogens is 352 g/mol. The Morgan fingerprint density at radius 2 is 1.81 bits per heavy atom. The standard InChI is InChI=1S/C18H22N4O3S/c1-25-16-8-6-14(7-9-16)21-18(19)20-12-13-2-10-17(11-3-13)26(23,24)22-15-4-5-15/h2-3,6-11,15,22H,4-5,12H2,1H3,(H3,19,20,21). The van der Waals surface area contributed by atoms with Gasteiger partial charge >= 0.3 is 0 Å². The van der Waals surface area contributed by atoms with Crippen LogP contribution in [0.5, 0.6) is 5.75 Å². The molecular formula is C18H22N4O3S. The maximum absolute atomic E-state index is 12.1. The molecule has 0 saturated heterocycles. The lowest BCUT2D eigenvalue weighted by atomic mass is 10.2. The van der Waals surface area contributed by atoms with E-state index in [0.29, 0.717) is 6.54 Å². The number of ether oxygens (including phenoxy) is 1. The van der Waals surface area contributed by atoms with Gasteiger partial charge in [-0.2, -0.15) is 0 Å². The second-order valence-corrected chi connectivity index (χ2v) is 7.81. The number of sulfonamides is 1. The zero-order chi connectivity index (χ0) is 18.6. The van der Waals surface area contributed by atoms with Gasteiger partial charge in [-0.15, -0.1) is 0 Å². The van der Waals surface area contributed by atoms with Crippen LogP contribution in [0.2, 0.25) is 0 Å². The van der Waals surface area contributed by atoms with E-state index in [1.54, 1.807) is 31.4 Å². The number of guanidine groups is 1. The topological polar surface area (TPSA) is 106 Å². The van der Waals surface area contributed by atoms with E-state index in [2.05, 4.69) is 15.0 Å². The molecule has 0 heterocycles. The fraction of sp³-hybridized carbons (Fsp3) is 0.278. The minimum atomic E-state index is -3.42. The molecule has 7 nitrogen and oxygen atoms in total. The molecule has 26 heavy (non-hydrogen) atoms. The first-order chi connectivity index (χ1) is 12.5. The highest BCUT2D eigenvalue weighted by molar-refractivity contribution is 7.89. The van der Waals surface area contributed by atoms with Crippen LogP contribution in [0.3, 0.4) is 0 Å². The molecule has 1 fully saturated rings. The summed E-state index contributed by atoms with van der Waals surface area (Å²) in [5.41, 5.74) is 7.56. The zero-order valence-electron chi connectivity index (χ0n) is 14.5. The maximum Gasteiger partial charge on any atom is 0.240 e. The van der Waals surface area contributed by atoms with Gasteiger partial charge in [0.15, 0.2) is 5.96 Å². The molecule has 0 aliphatic heterocycles. The van der Waals surface area contributed by atoms with Crippen LogP contribution < -0.4 is 20.5 Å². The van der Waals surface area contributed by atoms with E-state index in [1.807, 2.05) is 24.3 Å². The van der Waals surface area contributed by atoms with Gasteiger partial charge in [0, 0.05) is 11.7 Å². The predicted octanol–water partition coefficient (Wildman–Crippen LogP) is 2.06. The number of aliphatic imine (C=N–C) groups is 1. The largest absolute Gasteiger partial charge is 0.497 e. The number of nitrogens with one attached hydrogen (secondary N) is 2. The third-order valence-corrected chi connectivity index (χ3v) is 5.46. The van der Waals surface area contributed by atoms with Gasteiger partial charge in [-0.3, -0.25) is 0 Å². The summed E-state index contributed by atoms with van der Waals surface area (Å²) in [6.07, 6.45) is 1.82. The zero-order valence-corrected chi connectivity index (χ0v) is 15.3. The van der Waals surface area contributed by atoms with E-state index in [4.69, 9.17) is 10.5 Å². The number of hydrogen-bond acceptors (Lipinski definition) is 4. The van der Waals surface area contributed by atoms with Crippen LogP contribution in [0.4, 0.5) is 5.69 Å². The van der Waals surface area contributed by atoms with Crippen LogP contribution in [0.1, 0.15) is 18.4 Å². The van der Waals surface area contributed by atoms with Crippen molar-refractivity contribution in [3.8, 4) is 5.75 Å². The molecule has 138 valence electrons. The van der Waals surface area contributed by atoms with Crippen molar-refractivity contribution < 1.29 is 13.2 Å². The third-order valence-electron chi connectivity index (χ3n) is 3.93. The number of methoxy groups -OCH3 is 1. The van der Waals surface area contributed by atoms with Crippen LogP contribution >= 0.6 is 0 Å². The summed E-state index contributed by atoms with van der Waals surface area (Å²) >= 11 is 0. The smallest absolute Gasteiger partial charge is 0.240 e. The highest BCUT2D eigenvalue weighted by Crippen LogP contribution is 2.22. The van der Waals surface area contributed by atoms with E-state index in [9.17, 15) is 8.42 Å². The van der Waals surface area contributed by atoms with Crippen LogP contribution in [-0.4, -0.2) is 27.5 Å². The van der Waals surface area contributed by atoms with Crippen molar-refractivity contribution in [1.29, 1.82) is 0 Å². The number of nitrogens with zero attached hydrogens (tertiary/aromatic N) is 1. The van der Waals surface area contributed by atoms with Gasteiger partial charge in [0.2, 0.25) is 10.0 Å². The summed E-state index contributed by atoms with van der Waals surface area (Å²) in [6.45, 7) is 0.353. The van der Waals surface area contributed by atoms with Crippen molar-refractivity contribution in [3.05, 3.63) is 54.1 Å². The first-order valence-corrected chi connectivity index (χ1v) is 9.77. The second-order valence-electron chi connectivity index (χ2n) is 6.09. The summed E-state index contributed by atoms with van der Waals surface area (Å²) < 4.78 is 32.0. The van der Waals surface area contributed by atoms with Gasteiger partial charge in [0.1, 0.15) is 5.75 Å². The van der Waals surface area contributed by atoms with Gasteiger partial charge < -0.3 is 15.8 Å². The summed E-state index contributed by atoms with van der Waals surface area (Å²) in [4.78, 5) is 4.53. The SMILES string of the molecule is COc1ccc(NC(N)=NCc2ccc(S(=O)(=O)NC3CC3)cc2)cc1. The number of nitrogens with two attached hydrogens (primary N) is 1. The summed E-state index contributed by atoms with van der Waals surface area (Å²) in [7, 11) is -1.82. The molecule has 1 saturated carbocycles. The van der Waals surface area contributed by atoms with E-state index >= 15 is 0 Å². The first kappa shape index (κ1) is 18.2. The van der Waals surface area contributed by atoms with Crippen molar-refractivity contribution >= 4 is 21.7 Å². The molecule has 1 aliphatic carbocycles. The Morgan fingerprint density at radius 1 is 1.15 bits per heavy atom. The summed E-state index contributed by atoms with van der Waals surface area (Å²) in [5, 5.41) is 2.99. The molecule has 0 amide bonds. The Balaban J connectivity index is 1.58. The minimum Gasteiger partial charge on any atom is -0.497 e. The molecule has 0 spiro atoms. The molecule has 0 radical (unpaired) electrons. The van der Waals surface area contributed by atoms with Gasteiger partial charge in [0.25, 0.3) is 0 Å². The number of hydrogen-bond donors (Lipinski definition) is 3. The van der Waals surface area contributed by atoms with Crippen molar-refractivity contribution in [2.24, 2.45) is 10.7 Å².